The van der Waals surface area contributed by atoms with Crippen LogP contribution >= 0.6 is 15.9 Å². The lowest BCUT2D eigenvalue weighted by Gasteiger charge is -2.04. The zero-order valence-corrected chi connectivity index (χ0v) is 15.6. The van der Waals surface area contributed by atoms with Gasteiger partial charge < -0.3 is 10.4 Å². The quantitative estimate of drug-likeness (QED) is 0.593. The topological polar surface area (TPSA) is 102 Å². The Morgan fingerprint density at radius 1 is 1.22 bits per heavy atom. The van der Waals surface area contributed by atoms with E-state index in [9.17, 15) is 14.0 Å². The van der Waals surface area contributed by atoms with Crippen molar-refractivity contribution >= 4 is 33.6 Å². The fraction of sp³-hybridized carbons (Fsp3) is 0.176. The summed E-state index contributed by atoms with van der Waals surface area (Å²) in [6, 6.07) is 6.40. The molecule has 0 aliphatic heterocycles. The van der Waals surface area contributed by atoms with E-state index in [-0.39, 0.29) is 36.8 Å². The summed E-state index contributed by atoms with van der Waals surface area (Å²) < 4.78 is 17.2. The van der Waals surface area contributed by atoms with Gasteiger partial charge in [0.2, 0.25) is 5.91 Å². The Bertz CT molecular complexity index is 985. The molecule has 0 spiro atoms. The van der Waals surface area contributed by atoms with Gasteiger partial charge in [-0.2, -0.15) is 10.2 Å². The smallest absolute Gasteiger partial charge is 0.338 e. The predicted octanol–water partition coefficient (Wildman–Crippen LogP) is 2.76. The van der Waals surface area contributed by atoms with Gasteiger partial charge in [-0.25, -0.2) is 9.18 Å². The third-order valence-corrected chi connectivity index (χ3v) is 4.29. The van der Waals surface area contributed by atoms with Gasteiger partial charge in [0.25, 0.3) is 0 Å². The zero-order valence-electron chi connectivity index (χ0n) is 14.0. The van der Waals surface area contributed by atoms with Crippen LogP contribution in [0.15, 0.2) is 47.3 Å². The molecule has 0 bridgehead atoms. The lowest BCUT2D eigenvalue weighted by molar-refractivity contribution is -0.116. The van der Waals surface area contributed by atoms with E-state index in [1.807, 2.05) is 0 Å². The highest BCUT2D eigenvalue weighted by Crippen LogP contribution is 2.21. The van der Waals surface area contributed by atoms with Gasteiger partial charge in [0, 0.05) is 30.9 Å². The Morgan fingerprint density at radius 2 is 2.00 bits per heavy atom. The molecule has 3 rings (SSSR count). The van der Waals surface area contributed by atoms with Gasteiger partial charge in [0.15, 0.2) is 5.82 Å². The molecule has 0 fully saturated rings. The van der Waals surface area contributed by atoms with Crippen molar-refractivity contribution in [2.45, 2.75) is 19.5 Å². The average Bonchev–Trinajstić information content (AvgIpc) is 3.22. The Balaban J connectivity index is 1.58. The largest absolute Gasteiger partial charge is 0.478 e. The fourth-order valence-electron chi connectivity index (χ4n) is 2.37. The Hall–Kier alpha value is -3.01. The van der Waals surface area contributed by atoms with Crippen LogP contribution in [-0.2, 0) is 17.9 Å². The second kappa shape index (κ2) is 8.12. The lowest BCUT2D eigenvalue weighted by atomic mass is 10.2. The van der Waals surface area contributed by atoms with Crippen molar-refractivity contribution in [3.63, 3.8) is 0 Å². The number of aryl methyl sites for hydroxylation is 1. The van der Waals surface area contributed by atoms with Crippen molar-refractivity contribution in [1.82, 2.24) is 19.6 Å². The molecule has 140 valence electrons. The van der Waals surface area contributed by atoms with E-state index in [2.05, 4.69) is 31.4 Å². The monoisotopic (exact) mass is 435 g/mol. The van der Waals surface area contributed by atoms with Crippen molar-refractivity contribution in [3.05, 3.63) is 64.3 Å². The van der Waals surface area contributed by atoms with Crippen molar-refractivity contribution in [2.24, 2.45) is 0 Å². The van der Waals surface area contributed by atoms with Gasteiger partial charge in [-0.15, -0.1) is 0 Å². The Kier molecular flexibility index (Phi) is 5.65. The van der Waals surface area contributed by atoms with Crippen LogP contribution in [0.4, 0.5) is 10.2 Å². The van der Waals surface area contributed by atoms with Gasteiger partial charge >= 0.3 is 5.97 Å². The summed E-state index contributed by atoms with van der Waals surface area (Å²) in [5.74, 6) is -1.38. The Morgan fingerprint density at radius 3 is 2.70 bits per heavy atom. The number of carbonyl (C=O) groups excluding carboxylic acids is 1. The molecule has 10 heteroatoms. The molecule has 0 aliphatic carbocycles. The summed E-state index contributed by atoms with van der Waals surface area (Å²) in [6.45, 7) is 0.457. The predicted molar refractivity (Wildman–Crippen MR) is 97.9 cm³/mol. The molecule has 2 N–H and O–H groups in total. The van der Waals surface area contributed by atoms with Gasteiger partial charge in [0.1, 0.15) is 5.82 Å². The number of halogens is 2. The highest BCUT2D eigenvalue weighted by molar-refractivity contribution is 9.10. The van der Waals surface area contributed by atoms with Crippen LogP contribution in [0, 0.1) is 5.82 Å². The summed E-state index contributed by atoms with van der Waals surface area (Å²) in [5, 5.41) is 19.6. The number of hydrogen-bond acceptors (Lipinski definition) is 4. The molecule has 0 unspecified atom stereocenters. The van der Waals surface area contributed by atoms with Gasteiger partial charge in [-0.1, -0.05) is 18.2 Å². The van der Waals surface area contributed by atoms with Crippen LogP contribution in [-0.4, -0.2) is 36.5 Å². The van der Waals surface area contributed by atoms with E-state index in [1.54, 1.807) is 24.4 Å². The number of anilines is 1. The van der Waals surface area contributed by atoms with E-state index in [4.69, 9.17) is 5.11 Å². The van der Waals surface area contributed by atoms with Gasteiger partial charge in [-0.05, 0) is 22.0 Å². The molecule has 0 radical (unpaired) electrons. The minimum Gasteiger partial charge on any atom is -0.478 e. The maximum Gasteiger partial charge on any atom is 0.338 e. The summed E-state index contributed by atoms with van der Waals surface area (Å²) in [7, 11) is 0. The van der Waals surface area contributed by atoms with Crippen LogP contribution in [0.5, 0.6) is 0 Å². The van der Waals surface area contributed by atoms with Crippen LogP contribution < -0.4 is 5.32 Å². The summed E-state index contributed by atoms with van der Waals surface area (Å²) >= 11 is 3.32. The first-order valence-electron chi connectivity index (χ1n) is 7.94. The molecule has 0 saturated heterocycles. The number of benzene rings is 1. The minimum absolute atomic E-state index is 0.0602. The van der Waals surface area contributed by atoms with E-state index in [0.29, 0.717) is 15.9 Å². The number of carboxylic acids is 1. The summed E-state index contributed by atoms with van der Waals surface area (Å²) in [4.78, 5) is 22.9. The van der Waals surface area contributed by atoms with E-state index in [1.165, 1.54) is 27.8 Å². The lowest BCUT2D eigenvalue weighted by Crippen LogP contribution is -2.15. The molecule has 2 heterocycles. The molecule has 1 aromatic carbocycles. The average molecular weight is 436 g/mol. The van der Waals surface area contributed by atoms with Crippen molar-refractivity contribution in [3.8, 4) is 0 Å². The Labute approximate surface area is 161 Å². The van der Waals surface area contributed by atoms with Crippen LogP contribution in [0.3, 0.4) is 0 Å². The van der Waals surface area contributed by atoms with Gasteiger partial charge in [-0.3, -0.25) is 14.2 Å². The van der Waals surface area contributed by atoms with Crippen LogP contribution in [0.2, 0.25) is 0 Å². The molecule has 0 aliphatic rings. The number of nitrogens with one attached hydrogen (secondary N) is 1. The number of amides is 1. The highest BCUT2D eigenvalue weighted by atomic mass is 79.9. The maximum atomic E-state index is 13.7. The number of rotatable bonds is 7. The molecular formula is C17H15BrFN5O3. The standard InChI is InChI=1S/C17H15BrFN5O3/c18-13-10-24(8-11-3-1-2-4-14(11)19)22-16(13)21-15(25)5-6-23-9-12(7-20-23)17(26)27/h1-4,7,9-10H,5-6,8H2,(H,26,27)(H,21,22,25). The second-order valence-corrected chi connectivity index (χ2v) is 6.56. The van der Waals surface area contributed by atoms with Gasteiger partial charge in [0.05, 0.1) is 22.8 Å². The molecule has 1 amide bonds. The first kappa shape index (κ1) is 18.8. The molecule has 2 aromatic heterocycles. The van der Waals surface area contributed by atoms with Crippen molar-refractivity contribution in [2.75, 3.05) is 5.32 Å². The normalized spacial score (nSPS) is 10.7. The fourth-order valence-corrected chi connectivity index (χ4v) is 2.79. The summed E-state index contributed by atoms with van der Waals surface area (Å²) in [6.07, 6.45) is 4.32. The SMILES string of the molecule is O=C(CCn1cc(C(=O)O)cn1)Nc1nn(Cc2ccccc2F)cc1Br. The second-order valence-electron chi connectivity index (χ2n) is 5.71. The third-order valence-electron chi connectivity index (χ3n) is 3.71. The van der Waals surface area contributed by atoms with Crippen molar-refractivity contribution < 1.29 is 19.1 Å². The first-order valence-corrected chi connectivity index (χ1v) is 8.73. The third kappa shape index (κ3) is 4.79. The molecular weight excluding hydrogens is 421 g/mol. The highest BCUT2D eigenvalue weighted by Gasteiger charge is 2.12. The molecule has 27 heavy (non-hydrogen) atoms. The van der Waals surface area contributed by atoms with E-state index >= 15 is 0 Å². The number of carbonyl (C=O) groups is 2. The zero-order chi connectivity index (χ0) is 19.4. The number of aromatic nitrogens is 4. The van der Waals surface area contributed by atoms with Crippen LogP contribution in [0.25, 0.3) is 0 Å². The number of carboxylic acid groups (broad SMARTS) is 1. The minimum atomic E-state index is -1.07. The van der Waals surface area contributed by atoms with E-state index in [0.717, 1.165) is 0 Å². The molecule has 8 nitrogen and oxygen atoms in total. The summed E-state index contributed by atoms with van der Waals surface area (Å²) in [5.41, 5.74) is 0.545. The van der Waals surface area contributed by atoms with Crippen molar-refractivity contribution in [1.29, 1.82) is 0 Å². The first-order chi connectivity index (χ1) is 12.9. The molecule has 0 saturated carbocycles. The number of aromatic carboxylic acids is 1. The van der Waals surface area contributed by atoms with E-state index < -0.39 is 5.97 Å². The number of hydrogen-bond donors (Lipinski definition) is 2. The molecule has 0 atom stereocenters. The number of nitrogens with zero attached hydrogens (tertiary/aromatic N) is 4. The molecule has 3 aromatic rings. The maximum absolute atomic E-state index is 13.7. The van der Waals surface area contributed by atoms with Crippen LogP contribution in [0.1, 0.15) is 22.3 Å².